The minimum absolute atomic E-state index is 0.170. The predicted molar refractivity (Wildman–Crippen MR) is 135 cm³/mol. The molecule has 35 heavy (non-hydrogen) atoms. The number of hydrogen-bond donors (Lipinski definition) is 4. The summed E-state index contributed by atoms with van der Waals surface area (Å²) in [4.78, 5) is 10.7. The molecule has 0 heterocycles. The van der Waals surface area contributed by atoms with Crippen molar-refractivity contribution in [2.45, 2.75) is 39.8 Å². The van der Waals surface area contributed by atoms with Crippen molar-refractivity contribution < 1.29 is 29.6 Å². The standard InChI is InChI=1S/C28H33NO6/c1-17-15-24(35-16-26(31)32)9-10-25(17)22-13-18(2)28(19(3)14-22)34-12-11-29-20(4)27(33)21-5-7-23(30)8-6-21/h5-10,13-15,20,27,29-30,33H,11-12,16H2,1-4H3,(H,31,32)/t20-,27+/m0/s1. The first kappa shape index (κ1) is 26.1. The van der Waals surface area contributed by atoms with Crippen LogP contribution in [0.5, 0.6) is 17.2 Å². The highest BCUT2D eigenvalue weighted by Gasteiger charge is 2.16. The second-order valence-corrected chi connectivity index (χ2v) is 8.73. The van der Waals surface area contributed by atoms with Crippen molar-refractivity contribution >= 4 is 5.97 Å². The predicted octanol–water partition coefficient (Wildman–Crippen LogP) is 4.54. The summed E-state index contributed by atoms with van der Waals surface area (Å²) in [6, 6.07) is 16.1. The smallest absolute Gasteiger partial charge is 0.341 e. The lowest BCUT2D eigenvalue weighted by Gasteiger charge is -2.21. The molecule has 7 nitrogen and oxygen atoms in total. The van der Waals surface area contributed by atoms with Gasteiger partial charge >= 0.3 is 5.97 Å². The summed E-state index contributed by atoms with van der Waals surface area (Å²) in [7, 11) is 0. The first-order valence-electron chi connectivity index (χ1n) is 11.6. The third-order valence-electron chi connectivity index (χ3n) is 5.85. The lowest BCUT2D eigenvalue weighted by molar-refractivity contribution is -0.139. The van der Waals surface area contributed by atoms with Crippen LogP contribution in [-0.2, 0) is 4.79 Å². The maximum Gasteiger partial charge on any atom is 0.341 e. The number of phenols is 1. The summed E-state index contributed by atoms with van der Waals surface area (Å²) < 4.78 is 11.3. The molecule has 0 saturated heterocycles. The van der Waals surface area contributed by atoms with Crippen LogP contribution in [0.25, 0.3) is 11.1 Å². The molecule has 0 bridgehead atoms. The molecule has 0 aromatic heterocycles. The molecule has 0 fully saturated rings. The Morgan fingerprint density at radius 3 is 2.20 bits per heavy atom. The first-order valence-corrected chi connectivity index (χ1v) is 11.6. The fraction of sp³-hybridized carbons (Fsp3) is 0.321. The molecule has 2 atom stereocenters. The van der Waals surface area contributed by atoms with Crippen LogP contribution < -0.4 is 14.8 Å². The average molecular weight is 480 g/mol. The second kappa shape index (κ2) is 11.7. The van der Waals surface area contributed by atoms with E-state index < -0.39 is 12.1 Å². The van der Waals surface area contributed by atoms with E-state index in [0.29, 0.717) is 18.9 Å². The number of aliphatic hydroxyl groups excluding tert-OH is 1. The molecule has 0 aliphatic carbocycles. The molecule has 0 amide bonds. The Kier molecular flexibility index (Phi) is 8.73. The fourth-order valence-corrected chi connectivity index (χ4v) is 4.04. The van der Waals surface area contributed by atoms with E-state index in [1.54, 1.807) is 30.3 Å². The Morgan fingerprint density at radius 1 is 0.943 bits per heavy atom. The summed E-state index contributed by atoms with van der Waals surface area (Å²) in [6.07, 6.45) is -0.692. The zero-order chi connectivity index (χ0) is 25.5. The van der Waals surface area contributed by atoms with Gasteiger partial charge in [-0.25, -0.2) is 4.79 Å². The molecule has 0 aliphatic rings. The number of nitrogens with one attached hydrogen (secondary N) is 1. The number of benzene rings is 3. The van der Waals surface area contributed by atoms with Gasteiger partial charge in [0.25, 0.3) is 0 Å². The highest BCUT2D eigenvalue weighted by molar-refractivity contribution is 5.71. The molecule has 4 N–H and O–H groups in total. The van der Waals surface area contributed by atoms with E-state index in [2.05, 4.69) is 17.4 Å². The molecule has 7 heteroatoms. The fourth-order valence-electron chi connectivity index (χ4n) is 4.04. The SMILES string of the molecule is Cc1cc(OCC(=O)O)ccc1-c1cc(C)c(OCCN[C@@H](C)[C@@H](O)c2ccc(O)cc2)c(C)c1. The molecular weight excluding hydrogens is 446 g/mol. The molecule has 3 aromatic carbocycles. The van der Waals surface area contributed by atoms with Crippen LogP contribution in [0.15, 0.2) is 54.6 Å². The van der Waals surface area contributed by atoms with Gasteiger partial charge in [0.05, 0.1) is 6.10 Å². The van der Waals surface area contributed by atoms with Crippen LogP contribution >= 0.6 is 0 Å². The minimum Gasteiger partial charge on any atom is -0.508 e. The zero-order valence-electron chi connectivity index (χ0n) is 20.5. The molecular formula is C28H33NO6. The Morgan fingerprint density at radius 2 is 1.60 bits per heavy atom. The number of rotatable bonds is 11. The van der Waals surface area contributed by atoms with Gasteiger partial charge < -0.3 is 30.1 Å². The quantitative estimate of drug-likeness (QED) is 0.299. The summed E-state index contributed by atoms with van der Waals surface area (Å²) in [6.45, 7) is 8.54. The summed E-state index contributed by atoms with van der Waals surface area (Å²) in [5, 5.41) is 32.0. The molecule has 186 valence electrons. The van der Waals surface area contributed by atoms with Gasteiger partial charge in [-0.05, 0) is 97.5 Å². The van der Waals surface area contributed by atoms with Crippen molar-refractivity contribution in [3.63, 3.8) is 0 Å². The average Bonchev–Trinajstić information content (AvgIpc) is 2.81. The van der Waals surface area contributed by atoms with Gasteiger partial charge in [0.15, 0.2) is 6.61 Å². The van der Waals surface area contributed by atoms with Crippen molar-refractivity contribution in [1.82, 2.24) is 5.32 Å². The molecule has 0 radical (unpaired) electrons. The summed E-state index contributed by atoms with van der Waals surface area (Å²) >= 11 is 0. The van der Waals surface area contributed by atoms with Gasteiger partial charge in [-0.3, -0.25) is 0 Å². The zero-order valence-corrected chi connectivity index (χ0v) is 20.5. The Balaban J connectivity index is 1.59. The van der Waals surface area contributed by atoms with E-state index >= 15 is 0 Å². The van der Waals surface area contributed by atoms with Crippen LogP contribution in [0.4, 0.5) is 0 Å². The first-order chi connectivity index (χ1) is 16.7. The number of carboxylic acid groups (broad SMARTS) is 1. The van der Waals surface area contributed by atoms with Crippen molar-refractivity contribution in [2.24, 2.45) is 0 Å². The van der Waals surface area contributed by atoms with Crippen molar-refractivity contribution in [1.29, 1.82) is 0 Å². The number of ether oxygens (including phenoxy) is 2. The topological polar surface area (TPSA) is 108 Å². The van der Waals surface area contributed by atoms with E-state index in [1.807, 2.05) is 39.8 Å². The van der Waals surface area contributed by atoms with Gasteiger partial charge in [-0.2, -0.15) is 0 Å². The molecule has 0 spiro atoms. The van der Waals surface area contributed by atoms with E-state index in [4.69, 9.17) is 14.6 Å². The van der Waals surface area contributed by atoms with E-state index in [0.717, 1.165) is 39.1 Å². The van der Waals surface area contributed by atoms with Crippen molar-refractivity contribution in [3.05, 3.63) is 76.9 Å². The summed E-state index contributed by atoms with van der Waals surface area (Å²) in [5.41, 5.74) is 5.86. The Bertz CT molecular complexity index is 1140. The third-order valence-corrected chi connectivity index (χ3v) is 5.85. The number of hydrogen-bond acceptors (Lipinski definition) is 6. The summed E-state index contributed by atoms with van der Waals surface area (Å²) in [5.74, 6) is 0.524. The van der Waals surface area contributed by atoms with Crippen LogP contribution in [-0.4, -0.2) is 47.1 Å². The Labute approximate surface area is 206 Å². The highest BCUT2D eigenvalue weighted by atomic mass is 16.5. The van der Waals surface area contributed by atoms with Crippen molar-refractivity contribution in [2.75, 3.05) is 19.8 Å². The maximum atomic E-state index is 10.7. The molecule has 3 rings (SSSR count). The maximum absolute atomic E-state index is 10.7. The van der Waals surface area contributed by atoms with E-state index in [1.165, 1.54) is 0 Å². The van der Waals surface area contributed by atoms with E-state index in [-0.39, 0.29) is 18.4 Å². The number of aliphatic carboxylic acids is 1. The number of carbonyl (C=O) groups is 1. The Hall–Kier alpha value is -3.55. The van der Waals surface area contributed by atoms with E-state index in [9.17, 15) is 15.0 Å². The largest absolute Gasteiger partial charge is 0.508 e. The normalized spacial score (nSPS) is 12.7. The van der Waals surface area contributed by atoms with Crippen LogP contribution in [0.1, 0.15) is 35.3 Å². The van der Waals surface area contributed by atoms with Crippen LogP contribution in [0, 0.1) is 20.8 Å². The van der Waals surface area contributed by atoms with Gasteiger partial charge in [0.2, 0.25) is 0 Å². The van der Waals surface area contributed by atoms with Crippen LogP contribution in [0.2, 0.25) is 0 Å². The number of phenolic OH excluding ortho intramolecular Hbond substituents is 1. The minimum atomic E-state index is -1.01. The van der Waals surface area contributed by atoms with Gasteiger partial charge in [-0.1, -0.05) is 18.2 Å². The number of aromatic hydroxyl groups is 1. The number of aliphatic hydroxyl groups is 1. The van der Waals surface area contributed by atoms with Crippen molar-refractivity contribution in [3.8, 4) is 28.4 Å². The highest BCUT2D eigenvalue weighted by Crippen LogP contribution is 2.33. The second-order valence-electron chi connectivity index (χ2n) is 8.73. The molecule has 3 aromatic rings. The molecule has 0 aliphatic heterocycles. The molecule has 0 unspecified atom stereocenters. The van der Waals surface area contributed by atoms with Gasteiger partial charge in [0.1, 0.15) is 23.9 Å². The third kappa shape index (κ3) is 6.97. The van der Waals surface area contributed by atoms with Gasteiger partial charge in [0, 0.05) is 12.6 Å². The van der Waals surface area contributed by atoms with Gasteiger partial charge in [-0.15, -0.1) is 0 Å². The number of aryl methyl sites for hydroxylation is 3. The lowest BCUT2D eigenvalue weighted by atomic mass is 9.96. The molecule has 0 saturated carbocycles. The lowest BCUT2D eigenvalue weighted by Crippen LogP contribution is -2.35. The monoisotopic (exact) mass is 479 g/mol. The van der Waals surface area contributed by atoms with Crippen LogP contribution in [0.3, 0.4) is 0 Å². The number of carboxylic acids is 1.